The number of nitrogens with two attached hydrogens (primary N) is 1. The molecule has 3 N–H and O–H groups in total. The molecule has 0 bridgehead atoms. The molecule has 0 aliphatic heterocycles. The van der Waals surface area contributed by atoms with Gasteiger partial charge in [0.2, 0.25) is 5.91 Å². The van der Waals surface area contributed by atoms with Crippen LogP contribution in [0.1, 0.15) is 57.8 Å². The molecule has 0 aromatic rings. The fourth-order valence-electron chi connectivity index (χ4n) is 3.66. The van der Waals surface area contributed by atoms with Gasteiger partial charge in [-0.25, -0.2) is 0 Å². The molecule has 2 rings (SSSR count). The van der Waals surface area contributed by atoms with Crippen LogP contribution in [0.5, 0.6) is 0 Å². The molecule has 122 valence electrons. The maximum Gasteiger partial charge on any atom is 0.391 e. The Bertz CT molecular complexity index is 356. The van der Waals surface area contributed by atoms with Crippen molar-refractivity contribution in [3.63, 3.8) is 0 Å². The van der Waals surface area contributed by atoms with Crippen LogP contribution in [0, 0.1) is 11.3 Å². The van der Waals surface area contributed by atoms with Gasteiger partial charge in [-0.05, 0) is 38.5 Å². The van der Waals surface area contributed by atoms with Gasteiger partial charge in [-0.15, -0.1) is 0 Å². The second-order valence-electron chi connectivity index (χ2n) is 6.61. The maximum atomic E-state index is 12.6. The SMILES string of the molecule is NCC1(C(=O)NC2CCC(C(F)(F)F)CC2)CCCCC1. The summed E-state index contributed by atoms with van der Waals surface area (Å²) in [6.45, 7) is 0.330. The van der Waals surface area contributed by atoms with E-state index in [-0.39, 0.29) is 24.8 Å². The first-order valence-electron chi connectivity index (χ1n) is 7.95. The minimum absolute atomic E-state index is 0.0415. The summed E-state index contributed by atoms with van der Waals surface area (Å²) in [6.07, 6.45) is 1.70. The van der Waals surface area contributed by atoms with Gasteiger partial charge >= 0.3 is 6.18 Å². The average molecular weight is 306 g/mol. The van der Waals surface area contributed by atoms with Crippen LogP contribution in [0.3, 0.4) is 0 Å². The summed E-state index contributed by atoms with van der Waals surface area (Å²) in [5.74, 6) is -1.25. The summed E-state index contributed by atoms with van der Waals surface area (Å²) in [5.41, 5.74) is 5.33. The zero-order valence-corrected chi connectivity index (χ0v) is 12.3. The highest BCUT2D eigenvalue weighted by molar-refractivity contribution is 5.83. The number of amides is 1. The van der Waals surface area contributed by atoms with Crippen LogP contribution in [0.4, 0.5) is 13.2 Å². The third-order valence-corrected chi connectivity index (χ3v) is 5.21. The lowest BCUT2D eigenvalue weighted by Gasteiger charge is -2.37. The van der Waals surface area contributed by atoms with Crippen molar-refractivity contribution in [3.8, 4) is 0 Å². The van der Waals surface area contributed by atoms with E-state index < -0.39 is 17.5 Å². The lowest BCUT2D eigenvalue weighted by Crippen LogP contribution is -2.51. The molecule has 0 radical (unpaired) electrons. The van der Waals surface area contributed by atoms with E-state index in [0.717, 1.165) is 32.1 Å². The normalized spacial score (nSPS) is 29.9. The van der Waals surface area contributed by atoms with Gasteiger partial charge in [0.25, 0.3) is 0 Å². The van der Waals surface area contributed by atoms with E-state index in [1.165, 1.54) is 0 Å². The molecule has 0 unspecified atom stereocenters. The van der Waals surface area contributed by atoms with E-state index in [1.807, 2.05) is 0 Å². The quantitative estimate of drug-likeness (QED) is 0.841. The fraction of sp³-hybridized carbons (Fsp3) is 0.933. The summed E-state index contributed by atoms with van der Waals surface area (Å²) in [5, 5.41) is 2.97. The summed E-state index contributed by atoms with van der Waals surface area (Å²) in [6, 6.07) is -0.124. The number of nitrogens with one attached hydrogen (secondary N) is 1. The lowest BCUT2D eigenvalue weighted by molar-refractivity contribution is -0.182. The molecule has 0 saturated heterocycles. The Balaban J connectivity index is 1.86. The highest BCUT2D eigenvalue weighted by Crippen LogP contribution is 2.39. The van der Waals surface area contributed by atoms with Gasteiger partial charge in [0.15, 0.2) is 0 Å². The van der Waals surface area contributed by atoms with Crippen LogP contribution < -0.4 is 11.1 Å². The van der Waals surface area contributed by atoms with Gasteiger partial charge in [-0.1, -0.05) is 19.3 Å². The zero-order chi connectivity index (χ0) is 15.5. The van der Waals surface area contributed by atoms with E-state index in [0.29, 0.717) is 19.4 Å². The molecule has 2 saturated carbocycles. The summed E-state index contributed by atoms with van der Waals surface area (Å²) < 4.78 is 37.9. The molecule has 2 aliphatic carbocycles. The first kappa shape index (κ1) is 16.6. The summed E-state index contributed by atoms with van der Waals surface area (Å²) in [4.78, 5) is 12.5. The monoisotopic (exact) mass is 306 g/mol. The number of carbonyl (C=O) groups is 1. The lowest BCUT2D eigenvalue weighted by atomic mass is 9.73. The first-order chi connectivity index (χ1) is 9.87. The Morgan fingerprint density at radius 1 is 1.10 bits per heavy atom. The number of rotatable bonds is 3. The zero-order valence-electron chi connectivity index (χ0n) is 12.3. The molecule has 0 spiro atoms. The second-order valence-corrected chi connectivity index (χ2v) is 6.61. The molecule has 3 nitrogen and oxygen atoms in total. The van der Waals surface area contributed by atoms with Crippen molar-refractivity contribution < 1.29 is 18.0 Å². The first-order valence-corrected chi connectivity index (χ1v) is 7.95. The molecule has 1 amide bonds. The maximum absolute atomic E-state index is 12.6. The average Bonchev–Trinajstić information content (AvgIpc) is 2.47. The van der Waals surface area contributed by atoms with E-state index in [4.69, 9.17) is 5.73 Å². The molecular formula is C15H25F3N2O. The van der Waals surface area contributed by atoms with Crippen molar-refractivity contribution in [1.82, 2.24) is 5.32 Å². The Morgan fingerprint density at radius 3 is 2.14 bits per heavy atom. The van der Waals surface area contributed by atoms with Gasteiger partial charge in [0.1, 0.15) is 0 Å². The van der Waals surface area contributed by atoms with Crippen LogP contribution in [-0.4, -0.2) is 24.7 Å². The minimum Gasteiger partial charge on any atom is -0.353 e. The molecule has 0 heterocycles. The summed E-state index contributed by atoms with van der Waals surface area (Å²) >= 11 is 0. The third-order valence-electron chi connectivity index (χ3n) is 5.21. The van der Waals surface area contributed by atoms with Crippen molar-refractivity contribution in [2.24, 2.45) is 17.1 Å². The molecule has 2 aliphatic rings. The smallest absolute Gasteiger partial charge is 0.353 e. The number of halogens is 3. The number of carbonyl (C=O) groups excluding carboxylic acids is 1. The van der Waals surface area contributed by atoms with Crippen molar-refractivity contribution in [2.45, 2.75) is 70.0 Å². The molecule has 0 aromatic heterocycles. The Hall–Kier alpha value is -0.780. The topological polar surface area (TPSA) is 55.1 Å². The Labute approximate surface area is 123 Å². The molecule has 21 heavy (non-hydrogen) atoms. The number of hydrogen-bond donors (Lipinski definition) is 2. The Kier molecular flexibility index (Phi) is 5.17. The standard InChI is InChI=1S/C15H25F3N2O/c16-15(17,18)11-4-6-12(7-5-11)20-13(21)14(10-19)8-2-1-3-9-14/h11-12H,1-10,19H2,(H,20,21). The van der Waals surface area contributed by atoms with Gasteiger partial charge in [-0.2, -0.15) is 13.2 Å². The molecule has 2 fully saturated rings. The van der Waals surface area contributed by atoms with Crippen LogP contribution >= 0.6 is 0 Å². The molecular weight excluding hydrogens is 281 g/mol. The van der Waals surface area contributed by atoms with Crippen LogP contribution in [0.25, 0.3) is 0 Å². The van der Waals surface area contributed by atoms with Crippen molar-refractivity contribution in [2.75, 3.05) is 6.54 Å². The van der Waals surface area contributed by atoms with Gasteiger partial charge in [0, 0.05) is 12.6 Å². The number of hydrogen-bond acceptors (Lipinski definition) is 2. The highest BCUT2D eigenvalue weighted by atomic mass is 19.4. The third kappa shape index (κ3) is 3.90. The van der Waals surface area contributed by atoms with E-state index in [2.05, 4.69) is 5.32 Å². The molecule has 6 heteroatoms. The molecule has 0 aromatic carbocycles. The minimum atomic E-state index is -4.10. The van der Waals surface area contributed by atoms with Crippen LogP contribution in [0.2, 0.25) is 0 Å². The van der Waals surface area contributed by atoms with Gasteiger partial charge < -0.3 is 11.1 Å². The largest absolute Gasteiger partial charge is 0.391 e. The second kappa shape index (κ2) is 6.55. The van der Waals surface area contributed by atoms with Gasteiger partial charge in [0.05, 0.1) is 11.3 Å². The predicted molar refractivity (Wildman–Crippen MR) is 74.5 cm³/mol. The van der Waals surface area contributed by atoms with Crippen molar-refractivity contribution in [3.05, 3.63) is 0 Å². The van der Waals surface area contributed by atoms with Crippen LogP contribution in [-0.2, 0) is 4.79 Å². The number of alkyl halides is 3. The van der Waals surface area contributed by atoms with Crippen molar-refractivity contribution in [1.29, 1.82) is 0 Å². The summed E-state index contributed by atoms with van der Waals surface area (Å²) in [7, 11) is 0. The van der Waals surface area contributed by atoms with Crippen molar-refractivity contribution >= 4 is 5.91 Å². The highest BCUT2D eigenvalue weighted by Gasteiger charge is 2.43. The fourth-order valence-corrected chi connectivity index (χ4v) is 3.66. The van der Waals surface area contributed by atoms with Gasteiger partial charge in [-0.3, -0.25) is 4.79 Å². The van der Waals surface area contributed by atoms with E-state index in [9.17, 15) is 18.0 Å². The van der Waals surface area contributed by atoms with E-state index in [1.54, 1.807) is 0 Å². The predicted octanol–water partition coefficient (Wildman–Crippen LogP) is 3.13. The van der Waals surface area contributed by atoms with E-state index >= 15 is 0 Å². The Morgan fingerprint density at radius 2 is 1.67 bits per heavy atom. The van der Waals surface area contributed by atoms with Crippen LogP contribution in [0.15, 0.2) is 0 Å². The molecule has 0 atom stereocenters.